The maximum absolute atomic E-state index is 12.1. The molecule has 0 fully saturated rings. The van der Waals surface area contributed by atoms with Crippen LogP contribution in [0.1, 0.15) is 15.9 Å². The van der Waals surface area contributed by atoms with Crippen molar-refractivity contribution in [2.24, 2.45) is 5.10 Å². The Hall–Kier alpha value is -2.56. The molecule has 2 amide bonds. The van der Waals surface area contributed by atoms with Gasteiger partial charge in [0.05, 0.1) is 17.7 Å². The number of hydrogen-bond donors (Lipinski definition) is 2. The molecule has 0 aliphatic carbocycles. The fourth-order valence-corrected chi connectivity index (χ4v) is 3.18. The van der Waals surface area contributed by atoms with E-state index in [0.717, 1.165) is 14.3 Å². The lowest BCUT2D eigenvalue weighted by Gasteiger charge is -2.11. The van der Waals surface area contributed by atoms with Crippen LogP contribution in [0.4, 0.5) is 0 Å². The van der Waals surface area contributed by atoms with Gasteiger partial charge >= 0.3 is 0 Å². The number of halogens is 1. The molecule has 0 unspecified atom stereocenters. The number of carbonyl (C=O) groups excluding carboxylic acids is 2. The van der Waals surface area contributed by atoms with Crippen molar-refractivity contribution in [3.05, 3.63) is 64.1 Å². The summed E-state index contributed by atoms with van der Waals surface area (Å²) in [7, 11) is -0.713. The molecule has 0 spiro atoms. The lowest BCUT2D eigenvalue weighted by Crippen LogP contribution is -2.34. The molecule has 0 aromatic heterocycles. The van der Waals surface area contributed by atoms with E-state index in [1.807, 2.05) is 24.3 Å². The van der Waals surface area contributed by atoms with Gasteiger partial charge in [-0.25, -0.2) is 18.1 Å². The zero-order valence-electron chi connectivity index (χ0n) is 15.2. The van der Waals surface area contributed by atoms with E-state index in [1.54, 1.807) is 0 Å². The number of rotatable bonds is 7. The molecule has 0 aliphatic rings. The summed E-state index contributed by atoms with van der Waals surface area (Å²) in [5.41, 5.74) is 3.36. The minimum atomic E-state index is -3.56. The normalized spacial score (nSPS) is 11.6. The van der Waals surface area contributed by atoms with E-state index < -0.39 is 21.8 Å². The van der Waals surface area contributed by atoms with Crippen LogP contribution in [0.2, 0.25) is 0 Å². The van der Waals surface area contributed by atoms with Gasteiger partial charge in [-0.3, -0.25) is 9.59 Å². The molecule has 0 saturated carbocycles. The number of hydrazone groups is 1. The first kappa shape index (κ1) is 21.7. The summed E-state index contributed by atoms with van der Waals surface area (Å²) in [4.78, 5) is 23.9. The van der Waals surface area contributed by atoms with Gasteiger partial charge in [-0.05, 0) is 42.0 Å². The quantitative estimate of drug-likeness (QED) is 0.476. The Balaban J connectivity index is 1.86. The predicted molar refractivity (Wildman–Crippen MR) is 110 cm³/mol. The summed E-state index contributed by atoms with van der Waals surface area (Å²) >= 11 is 3.32. The molecule has 28 heavy (non-hydrogen) atoms. The highest BCUT2D eigenvalue weighted by Crippen LogP contribution is 2.14. The molecule has 0 heterocycles. The maximum Gasteiger partial charge on any atom is 0.259 e. The smallest absolute Gasteiger partial charge is 0.259 e. The molecule has 2 N–H and O–H groups in total. The fraction of sp³-hybridized carbons (Fsp3) is 0.167. The van der Waals surface area contributed by atoms with Crippen LogP contribution < -0.4 is 10.7 Å². The van der Waals surface area contributed by atoms with Crippen LogP contribution in [0, 0.1) is 0 Å². The zero-order valence-corrected chi connectivity index (χ0v) is 17.6. The number of benzene rings is 2. The number of carbonyl (C=O) groups is 2. The van der Waals surface area contributed by atoms with Gasteiger partial charge in [0.1, 0.15) is 0 Å². The second-order valence-corrected chi connectivity index (χ2v) is 8.91. The van der Waals surface area contributed by atoms with E-state index in [-0.39, 0.29) is 17.0 Å². The molecule has 2 aromatic rings. The molecular weight excluding hydrogens is 448 g/mol. The van der Waals surface area contributed by atoms with Crippen LogP contribution in [0.3, 0.4) is 0 Å². The molecular formula is C18H19BrN4O4S. The molecule has 0 aliphatic heterocycles. The van der Waals surface area contributed by atoms with E-state index in [9.17, 15) is 18.0 Å². The Labute approximate surface area is 171 Å². The summed E-state index contributed by atoms with van der Waals surface area (Å²) < 4.78 is 26.0. The Morgan fingerprint density at radius 3 is 2.25 bits per heavy atom. The first-order chi connectivity index (χ1) is 13.2. The third-order valence-electron chi connectivity index (χ3n) is 3.58. The SMILES string of the molecule is CN(C)S(=O)(=O)c1ccc(C(=O)NCC(=O)N/N=C/c2ccc(Br)cc2)cc1. The number of nitrogens with one attached hydrogen (secondary N) is 2. The van der Waals surface area contributed by atoms with E-state index in [0.29, 0.717) is 0 Å². The van der Waals surface area contributed by atoms with Crippen molar-refractivity contribution in [2.75, 3.05) is 20.6 Å². The monoisotopic (exact) mass is 466 g/mol. The van der Waals surface area contributed by atoms with Crippen molar-refractivity contribution in [1.82, 2.24) is 15.0 Å². The van der Waals surface area contributed by atoms with Crippen molar-refractivity contribution in [2.45, 2.75) is 4.90 Å². The number of amides is 2. The molecule has 10 heteroatoms. The largest absolute Gasteiger partial charge is 0.343 e. The number of nitrogens with zero attached hydrogens (tertiary/aromatic N) is 2. The average molecular weight is 467 g/mol. The van der Waals surface area contributed by atoms with Crippen LogP contribution in [-0.2, 0) is 14.8 Å². The Morgan fingerprint density at radius 1 is 1.07 bits per heavy atom. The van der Waals surface area contributed by atoms with Gasteiger partial charge in [-0.1, -0.05) is 28.1 Å². The van der Waals surface area contributed by atoms with Crippen molar-refractivity contribution >= 4 is 44.0 Å². The zero-order chi connectivity index (χ0) is 20.7. The van der Waals surface area contributed by atoms with Gasteiger partial charge in [0.2, 0.25) is 10.0 Å². The van der Waals surface area contributed by atoms with Gasteiger partial charge in [0.15, 0.2) is 0 Å². The van der Waals surface area contributed by atoms with Gasteiger partial charge in [0, 0.05) is 24.1 Å². The average Bonchev–Trinajstić information content (AvgIpc) is 2.67. The first-order valence-corrected chi connectivity index (χ1v) is 10.3. The van der Waals surface area contributed by atoms with Crippen LogP contribution >= 0.6 is 15.9 Å². The van der Waals surface area contributed by atoms with E-state index in [1.165, 1.54) is 44.6 Å². The second kappa shape index (κ2) is 9.58. The molecule has 148 valence electrons. The Morgan fingerprint density at radius 2 is 1.68 bits per heavy atom. The minimum absolute atomic E-state index is 0.0778. The molecule has 0 atom stereocenters. The van der Waals surface area contributed by atoms with Crippen LogP contribution in [0.5, 0.6) is 0 Å². The summed E-state index contributed by atoms with van der Waals surface area (Å²) in [5, 5.41) is 6.26. The highest BCUT2D eigenvalue weighted by molar-refractivity contribution is 9.10. The molecule has 0 bridgehead atoms. The highest BCUT2D eigenvalue weighted by atomic mass is 79.9. The second-order valence-electron chi connectivity index (χ2n) is 5.84. The van der Waals surface area contributed by atoms with Gasteiger partial charge in [0.25, 0.3) is 11.8 Å². The Bertz CT molecular complexity index is 972. The van der Waals surface area contributed by atoms with Gasteiger partial charge < -0.3 is 5.32 Å². The first-order valence-electron chi connectivity index (χ1n) is 8.08. The predicted octanol–water partition coefficient (Wildman–Crippen LogP) is 1.58. The topological polar surface area (TPSA) is 108 Å². The third kappa shape index (κ3) is 5.98. The summed E-state index contributed by atoms with van der Waals surface area (Å²) in [5.74, 6) is -0.991. The van der Waals surface area contributed by atoms with Gasteiger partial charge in [-0.15, -0.1) is 0 Å². The van der Waals surface area contributed by atoms with Crippen molar-refractivity contribution in [3.8, 4) is 0 Å². The summed E-state index contributed by atoms with van der Waals surface area (Å²) in [6.07, 6.45) is 1.48. The van der Waals surface area contributed by atoms with Crippen LogP contribution in [-0.4, -0.2) is 51.4 Å². The van der Waals surface area contributed by atoms with E-state index >= 15 is 0 Å². The fourth-order valence-electron chi connectivity index (χ4n) is 2.02. The lowest BCUT2D eigenvalue weighted by atomic mass is 10.2. The minimum Gasteiger partial charge on any atom is -0.343 e. The van der Waals surface area contributed by atoms with Crippen LogP contribution in [0.15, 0.2) is 63.0 Å². The van der Waals surface area contributed by atoms with E-state index in [4.69, 9.17) is 0 Å². The van der Waals surface area contributed by atoms with Crippen molar-refractivity contribution < 1.29 is 18.0 Å². The molecule has 8 nitrogen and oxygen atoms in total. The molecule has 2 rings (SSSR count). The molecule has 2 aromatic carbocycles. The van der Waals surface area contributed by atoms with Crippen molar-refractivity contribution in [1.29, 1.82) is 0 Å². The molecule has 0 radical (unpaired) electrons. The Kier molecular flexibility index (Phi) is 7.44. The standard InChI is InChI=1S/C18H19BrN4O4S/c1-23(2)28(26,27)16-9-5-14(6-10-16)18(25)20-12-17(24)22-21-11-13-3-7-15(19)8-4-13/h3-11H,12H2,1-2H3,(H,20,25)(H,22,24)/b21-11+. The maximum atomic E-state index is 12.1. The summed E-state index contributed by atoms with van der Waals surface area (Å²) in [6.45, 7) is -0.270. The third-order valence-corrected chi connectivity index (χ3v) is 5.94. The van der Waals surface area contributed by atoms with Crippen molar-refractivity contribution in [3.63, 3.8) is 0 Å². The highest BCUT2D eigenvalue weighted by Gasteiger charge is 2.17. The number of sulfonamides is 1. The van der Waals surface area contributed by atoms with Gasteiger partial charge in [-0.2, -0.15) is 5.10 Å². The summed E-state index contributed by atoms with van der Waals surface area (Å²) in [6, 6.07) is 12.8. The number of hydrogen-bond acceptors (Lipinski definition) is 5. The van der Waals surface area contributed by atoms with E-state index in [2.05, 4.69) is 31.8 Å². The molecule has 0 saturated heterocycles. The van der Waals surface area contributed by atoms with Crippen LogP contribution in [0.25, 0.3) is 0 Å². The lowest BCUT2D eigenvalue weighted by molar-refractivity contribution is -0.120.